The number of oxazole rings is 1. The summed E-state index contributed by atoms with van der Waals surface area (Å²) in [5.74, 6) is 2.23. The second-order valence-electron chi connectivity index (χ2n) is 15.9. The van der Waals surface area contributed by atoms with Gasteiger partial charge in [-0.25, -0.2) is 9.97 Å². The lowest BCUT2D eigenvalue weighted by atomic mass is 9.94. The van der Waals surface area contributed by atoms with E-state index in [4.69, 9.17) is 24.4 Å². The third-order valence-electron chi connectivity index (χ3n) is 11.9. The van der Waals surface area contributed by atoms with E-state index in [2.05, 4.69) is 180 Å². The maximum Gasteiger partial charge on any atom is 0.238 e. The van der Waals surface area contributed by atoms with E-state index in [1.165, 1.54) is 0 Å². The molecule has 0 unspecified atom stereocenters. The predicted octanol–water partition coefficient (Wildman–Crippen LogP) is 14.8. The van der Waals surface area contributed by atoms with Gasteiger partial charge in [-0.1, -0.05) is 176 Å². The Morgan fingerprint density at radius 2 is 0.859 bits per heavy atom. The molecule has 6 nitrogen and oxygen atoms in total. The average molecular weight is 820 g/mol. The van der Waals surface area contributed by atoms with Crippen molar-refractivity contribution in [2.24, 2.45) is 0 Å². The van der Waals surface area contributed by atoms with Crippen LogP contribution in [0.4, 0.5) is 0 Å². The number of hydrogen-bond donors (Lipinski definition) is 0. The third kappa shape index (κ3) is 6.62. The first-order valence-electron chi connectivity index (χ1n) is 21.4. The first-order valence-corrected chi connectivity index (χ1v) is 21.4. The van der Waals surface area contributed by atoms with Crippen molar-refractivity contribution in [1.29, 1.82) is 0 Å². The Labute approximate surface area is 369 Å². The van der Waals surface area contributed by atoms with Gasteiger partial charge < -0.3 is 4.42 Å². The van der Waals surface area contributed by atoms with Gasteiger partial charge in [0, 0.05) is 33.0 Å². The van der Waals surface area contributed by atoms with Crippen molar-refractivity contribution >= 4 is 32.9 Å². The molecule has 0 fully saturated rings. The van der Waals surface area contributed by atoms with Crippen molar-refractivity contribution in [3.8, 4) is 84.7 Å². The van der Waals surface area contributed by atoms with E-state index in [0.29, 0.717) is 23.5 Å². The molecule has 300 valence electrons. The lowest BCUT2D eigenvalue weighted by molar-refractivity contribution is 0.620. The molecule has 0 N–H and O–H groups in total. The number of nitrogens with zero attached hydrogens (tertiary/aromatic N) is 5. The quantitative estimate of drug-likeness (QED) is 0.153. The topological polar surface area (TPSA) is 69.6 Å². The van der Waals surface area contributed by atoms with Gasteiger partial charge in [0.1, 0.15) is 5.52 Å². The van der Waals surface area contributed by atoms with Gasteiger partial charge in [0.05, 0.1) is 11.0 Å². The molecule has 0 saturated carbocycles. The Balaban J connectivity index is 1.10. The second kappa shape index (κ2) is 15.6. The van der Waals surface area contributed by atoms with Crippen LogP contribution in [0.3, 0.4) is 0 Å². The lowest BCUT2D eigenvalue weighted by Gasteiger charge is -2.13. The summed E-state index contributed by atoms with van der Waals surface area (Å²) in [6, 6.07) is 77.6. The molecule has 0 spiro atoms. The molecule has 0 saturated heterocycles. The Morgan fingerprint density at radius 3 is 1.55 bits per heavy atom. The number of aromatic nitrogens is 5. The summed E-state index contributed by atoms with van der Waals surface area (Å²) < 4.78 is 8.50. The van der Waals surface area contributed by atoms with Crippen molar-refractivity contribution in [1.82, 2.24) is 24.5 Å². The Bertz CT molecular complexity index is 3660. The SMILES string of the molecule is c1ccc(-c2cccc(-c3nc(-c4cccc(-c5cccc6oc(-c7ccccc7)nc56)c4)nc(-n4c5ccccc5c5c(-c6ccccc6)cc(-c6ccccc6)cc54)n3)c2)cc1. The molecule has 9 aromatic carbocycles. The first-order chi connectivity index (χ1) is 31.7. The van der Waals surface area contributed by atoms with Crippen LogP contribution in [0.25, 0.3) is 118 Å². The number of benzene rings is 9. The van der Waals surface area contributed by atoms with E-state index in [1.54, 1.807) is 0 Å². The molecule has 0 aliphatic carbocycles. The second-order valence-corrected chi connectivity index (χ2v) is 15.9. The Hall–Kier alpha value is -8.74. The maximum absolute atomic E-state index is 6.29. The molecule has 6 heteroatoms. The zero-order chi connectivity index (χ0) is 42.4. The third-order valence-corrected chi connectivity index (χ3v) is 11.9. The van der Waals surface area contributed by atoms with Gasteiger partial charge in [0.25, 0.3) is 0 Å². The molecule has 64 heavy (non-hydrogen) atoms. The van der Waals surface area contributed by atoms with Gasteiger partial charge in [0.2, 0.25) is 11.8 Å². The maximum atomic E-state index is 6.29. The normalized spacial score (nSPS) is 11.4. The average Bonchev–Trinajstić information content (AvgIpc) is 3.97. The van der Waals surface area contributed by atoms with E-state index >= 15 is 0 Å². The molecule has 0 atom stereocenters. The summed E-state index contributed by atoms with van der Waals surface area (Å²) in [5, 5.41) is 2.25. The van der Waals surface area contributed by atoms with Crippen LogP contribution in [-0.2, 0) is 0 Å². The zero-order valence-corrected chi connectivity index (χ0v) is 34.5. The molecule has 0 aliphatic rings. The number of hydrogen-bond acceptors (Lipinski definition) is 5. The van der Waals surface area contributed by atoms with Crippen LogP contribution in [0.5, 0.6) is 0 Å². The van der Waals surface area contributed by atoms with Gasteiger partial charge in [-0.15, -0.1) is 0 Å². The summed E-state index contributed by atoms with van der Waals surface area (Å²) in [7, 11) is 0. The monoisotopic (exact) mass is 819 g/mol. The zero-order valence-electron chi connectivity index (χ0n) is 34.5. The van der Waals surface area contributed by atoms with E-state index in [0.717, 1.165) is 94.1 Å². The van der Waals surface area contributed by atoms with Crippen LogP contribution in [0.2, 0.25) is 0 Å². The molecule has 0 radical (unpaired) electrons. The van der Waals surface area contributed by atoms with Crippen LogP contribution >= 0.6 is 0 Å². The fraction of sp³-hybridized carbons (Fsp3) is 0. The Kier molecular flexibility index (Phi) is 9.05. The molecular formula is C58H37N5O. The largest absolute Gasteiger partial charge is 0.436 e. The highest BCUT2D eigenvalue weighted by atomic mass is 16.3. The molecule has 3 aromatic heterocycles. The highest BCUT2D eigenvalue weighted by Gasteiger charge is 2.22. The van der Waals surface area contributed by atoms with Crippen LogP contribution in [0.1, 0.15) is 0 Å². The number of rotatable bonds is 8. The fourth-order valence-corrected chi connectivity index (χ4v) is 8.86. The fourth-order valence-electron chi connectivity index (χ4n) is 8.86. The van der Waals surface area contributed by atoms with E-state index in [1.807, 2.05) is 48.5 Å². The highest BCUT2D eigenvalue weighted by molar-refractivity contribution is 6.16. The molecule has 0 aliphatic heterocycles. The van der Waals surface area contributed by atoms with Crippen molar-refractivity contribution in [3.63, 3.8) is 0 Å². The predicted molar refractivity (Wildman–Crippen MR) is 260 cm³/mol. The summed E-state index contributed by atoms with van der Waals surface area (Å²) >= 11 is 0. The first kappa shape index (κ1) is 37.1. The number of para-hydroxylation sites is 2. The van der Waals surface area contributed by atoms with E-state index in [9.17, 15) is 0 Å². The number of fused-ring (bicyclic) bond motifs is 4. The Morgan fingerprint density at radius 1 is 0.328 bits per heavy atom. The van der Waals surface area contributed by atoms with Crippen molar-refractivity contribution in [2.75, 3.05) is 0 Å². The van der Waals surface area contributed by atoms with Crippen LogP contribution in [0.15, 0.2) is 229 Å². The smallest absolute Gasteiger partial charge is 0.238 e. The molecular weight excluding hydrogens is 783 g/mol. The lowest BCUT2D eigenvalue weighted by Crippen LogP contribution is -2.06. The van der Waals surface area contributed by atoms with Gasteiger partial charge >= 0.3 is 0 Å². The summed E-state index contributed by atoms with van der Waals surface area (Å²) in [6.45, 7) is 0. The van der Waals surface area contributed by atoms with Crippen molar-refractivity contribution in [2.45, 2.75) is 0 Å². The molecule has 12 aromatic rings. The van der Waals surface area contributed by atoms with Gasteiger partial charge in [-0.05, 0) is 87.5 Å². The van der Waals surface area contributed by atoms with E-state index in [-0.39, 0.29) is 0 Å². The van der Waals surface area contributed by atoms with Crippen LogP contribution in [-0.4, -0.2) is 24.5 Å². The molecule has 0 bridgehead atoms. The standard InChI is InChI=1S/C58H37N5O/c1-5-18-38(19-6-1)42-26-15-28-44(34-42)55-60-56(45-29-16-27-43(35-45)47-31-17-33-52-54(47)59-57(64-52)41-24-11-4-12-25-41)62-58(61-55)63-50-32-14-13-30-48(50)53-49(40-22-9-3-10-23-40)36-46(37-51(53)63)39-20-7-2-8-21-39/h1-37H. The van der Waals surface area contributed by atoms with Crippen molar-refractivity contribution in [3.05, 3.63) is 224 Å². The highest BCUT2D eigenvalue weighted by Crippen LogP contribution is 2.42. The van der Waals surface area contributed by atoms with Gasteiger partial charge in [0.15, 0.2) is 17.2 Å². The summed E-state index contributed by atoms with van der Waals surface area (Å²) in [5.41, 5.74) is 14.8. The van der Waals surface area contributed by atoms with Crippen molar-refractivity contribution < 1.29 is 4.42 Å². The van der Waals surface area contributed by atoms with E-state index < -0.39 is 0 Å². The molecule has 0 amide bonds. The molecule has 12 rings (SSSR count). The minimum Gasteiger partial charge on any atom is -0.436 e. The minimum absolute atomic E-state index is 0.525. The van der Waals surface area contributed by atoms with Gasteiger partial charge in [-0.3, -0.25) is 4.57 Å². The van der Waals surface area contributed by atoms with Crippen LogP contribution < -0.4 is 0 Å². The summed E-state index contributed by atoms with van der Waals surface area (Å²) in [4.78, 5) is 21.1. The van der Waals surface area contributed by atoms with Crippen LogP contribution in [0, 0.1) is 0 Å². The molecule has 3 heterocycles. The minimum atomic E-state index is 0.525. The van der Waals surface area contributed by atoms with Gasteiger partial charge in [-0.2, -0.15) is 9.97 Å². The summed E-state index contributed by atoms with van der Waals surface area (Å²) in [6.07, 6.45) is 0.